The highest BCUT2D eigenvalue weighted by atomic mass is 19.1. The van der Waals surface area contributed by atoms with Gasteiger partial charge in [0.25, 0.3) is 11.8 Å². The zero-order valence-electron chi connectivity index (χ0n) is 20.9. The minimum Gasteiger partial charge on any atom is -0.465 e. The fourth-order valence-electron chi connectivity index (χ4n) is 4.83. The number of amides is 3. The van der Waals surface area contributed by atoms with Crippen LogP contribution in [0, 0.1) is 11.7 Å². The third-order valence-electron chi connectivity index (χ3n) is 6.66. The van der Waals surface area contributed by atoms with Crippen molar-refractivity contribution in [2.24, 2.45) is 5.92 Å². The van der Waals surface area contributed by atoms with E-state index in [2.05, 4.69) is 25.9 Å². The summed E-state index contributed by atoms with van der Waals surface area (Å²) in [7, 11) is 1.52. The number of fused-ring (bicyclic) bond motifs is 2. The van der Waals surface area contributed by atoms with Crippen LogP contribution in [0.2, 0.25) is 0 Å². The molecule has 1 saturated heterocycles. The predicted molar refractivity (Wildman–Crippen MR) is 134 cm³/mol. The predicted octanol–water partition coefficient (Wildman–Crippen LogP) is 1.64. The lowest BCUT2D eigenvalue weighted by molar-refractivity contribution is -0.119. The number of nitrogens with zero attached hydrogens (tertiary/aromatic N) is 3. The van der Waals surface area contributed by atoms with Gasteiger partial charge in [0.2, 0.25) is 5.91 Å². The quantitative estimate of drug-likeness (QED) is 0.392. The van der Waals surface area contributed by atoms with Crippen LogP contribution in [-0.2, 0) is 31.9 Å². The summed E-state index contributed by atoms with van der Waals surface area (Å²) < 4.78 is 30.2. The summed E-state index contributed by atoms with van der Waals surface area (Å²) in [6, 6.07) is 3.21. The number of aromatic nitrogens is 2. The summed E-state index contributed by atoms with van der Waals surface area (Å²) in [6.07, 6.45) is 2.68. The first kappa shape index (κ1) is 25.8. The van der Waals surface area contributed by atoms with Crippen molar-refractivity contribution in [3.05, 3.63) is 35.3 Å². The highest BCUT2D eigenvalue weighted by Crippen LogP contribution is 2.32. The van der Waals surface area contributed by atoms with Crippen LogP contribution in [0.4, 0.5) is 26.5 Å². The lowest BCUT2D eigenvalue weighted by Gasteiger charge is -2.18. The van der Waals surface area contributed by atoms with Crippen molar-refractivity contribution in [3.63, 3.8) is 0 Å². The third kappa shape index (κ3) is 5.83. The average Bonchev–Trinajstić information content (AvgIpc) is 3.48. The molecule has 1 fully saturated rings. The van der Waals surface area contributed by atoms with Crippen molar-refractivity contribution < 1.29 is 33.0 Å². The van der Waals surface area contributed by atoms with Gasteiger partial charge in [0.15, 0.2) is 18.2 Å². The van der Waals surface area contributed by atoms with Crippen LogP contribution in [0.1, 0.15) is 24.0 Å². The molecular weight excluding hydrogens is 499 g/mol. The van der Waals surface area contributed by atoms with Crippen LogP contribution >= 0.6 is 0 Å². The number of benzene rings is 1. The molecule has 3 aliphatic rings. The number of hydrogen-bond acceptors (Lipinski definition) is 9. The Bertz CT molecular complexity index is 1240. The molecule has 13 heteroatoms. The standard InChI is InChI=1S/C25H29FN6O6/c1-36-5-3-21(33)29-16-8-15-6-14(7-18(15)19(26)9-16)10-27-4-2-17-12-32(25(35)38-17)20-11-28-24-23(30-20)31-22(34)13-37-24/h8-9,11,14,17,27H,2-7,10,12-13H2,1H3,(H,29,33)(H,30,31,34). The van der Waals surface area contributed by atoms with Crippen molar-refractivity contribution in [1.82, 2.24) is 15.3 Å². The Morgan fingerprint density at radius 3 is 3.03 bits per heavy atom. The van der Waals surface area contributed by atoms with Gasteiger partial charge in [0.05, 0.1) is 25.8 Å². The van der Waals surface area contributed by atoms with Gasteiger partial charge in [0.1, 0.15) is 11.9 Å². The van der Waals surface area contributed by atoms with Gasteiger partial charge in [-0.3, -0.25) is 14.5 Å². The monoisotopic (exact) mass is 528 g/mol. The number of anilines is 3. The first-order chi connectivity index (χ1) is 18.4. The first-order valence-electron chi connectivity index (χ1n) is 12.5. The van der Waals surface area contributed by atoms with Crippen molar-refractivity contribution in [2.75, 3.05) is 55.5 Å². The summed E-state index contributed by atoms with van der Waals surface area (Å²) in [5.74, 6) is 0.0225. The SMILES string of the molecule is COCCC(=O)Nc1cc(F)c2c(c1)CC(CNCCC1CN(c3cnc4c(n3)NC(=O)CO4)C(=O)O1)C2. The Morgan fingerprint density at radius 1 is 1.32 bits per heavy atom. The van der Waals surface area contributed by atoms with E-state index in [4.69, 9.17) is 14.2 Å². The molecule has 0 radical (unpaired) electrons. The van der Waals surface area contributed by atoms with E-state index in [1.807, 2.05) is 6.07 Å². The molecule has 1 aliphatic carbocycles. The number of ether oxygens (including phenoxy) is 3. The van der Waals surface area contributed by atoms with Crippen molar-refractivity contribution >= 4 is 35.2 Å². The van der Waals surface area contributed by atoms with Crippen LogP contribution in [0.15, 0.2) is 18.3 Å². The molecule has 2 atom stereocenters. The Morgan fingerprint density at radius 2 is 2.18 bits per heavy atom. The number of rotatable bonds is 10. The number of halogens is 1. The minimum absolute atomic E-state index is 0.127. The number of nitrogens with one attached hydrogen (secondary N) is 3. The van der Waals surface area contributed by atoms with E-state index in [9.17, 15) is 18.8 Å². The molecule has 202 valence electrons. The highest BCUT2D eigenvalue weighted by Gasteiger charge is 2.34. The summed E-state index contributed by atoms with van der Waals surface area (Å²) in [5, 5.41) is 8.69. The van der Waals surface area contributed by atoms with Gasteiger partial charge >= 0.3 is 6.09 Å². The molecule has 0 spiro atoms. The molecule has 2 unspecified atom stereocenters. The van der Waals surface area contributed by atoms with Gasteiger partial charge in [-0.25, -0.2) is 19.2 Å². The summed E-state index contributed by atoms with van der Waals surface area (Å²) in [6.45, 7) is 1.79. The Balaban J connectivity index is 1.07. The second-order valence-electron chi connectivity index (χ2n) is 9.49. The number of methoxy groups -OCH3 is 1. The van der Waals surface area contributed by atoms with Crippen LogP contribution < -0.4 is 25.6 Å². The van der Waals surface area contributed by atoms with E-state index in [0.29, 0.717) is 56.8 Å². The summed E-state index contributed by atoms with van der Waals surface area (Å²) in [5.41, 5.74) is 2.06. The summed E-state index contributed by atoms with van der Waals surface area (Å²) in [4.78, 5) is 45.6. The van der Waals surface area contributed by atoms with Gasteiger partial charge in [-0.05, 0) is 61.5 Å². The number of cyclic esters (lactones) is 1. The second kappa shape index (κ2) is 11.3. The normalized spacial score (nSPS) is 19.9. The molecule has 38 heavy (non-hydrogen) atoms. The molecular formula is C25H29FN6O6. The van der Waals surface area contributed by atoms with Crippen molar-refractivity contribution in [2.45, 2.75) is 31.8 Å². The molecule has 0 bridgehead atoms. The van der Waals surface area contributed by atoms with Crippen LogP contribution in [0.25, 0.3) is 0 Å². The third-order valence-corrected chi connectivity index (χ3v) is 6.66. The topological polar surface area (TPSA) is 144 Å². The second-order valence-corrected chi connectivity index (χ2v) is 9.49. The lowest BCUT2D eigenvalue weighted by Crippen LogP contribution is -2.30. The van der Waals surface area contributed by atoms with Crippen LogP contribution in [0.3, 0.4) is 0 Å². The Kier molecular flexibility index (Phi) is 7.65. The summed E-state index contributed by atoms with van der Waals surface area (Å²) >= 11 is 0. The van der Waals surface area contributed by atoms with E-state index >= 15 is 0 Å². The maximum Gasteiger partial charge on any atom is 0.415 e. The van der Waals surface area contributed by atoms with E-state index in [1.165, 1.54) is 24.3 Å². The van der Waals surface area contributed by atoms with Gasteiger partial charge in [-0.15, -0.1) is 0 Å². The molecule has 3 amide bonds. The maximum atomic E-state index is 14.7. The molecule has 2 aromatic rings. The molecule has 1 aromatic carbocycles. The smallest absolute Gasteiger partial charge is 0.415 e. The number of hydrogen-bond donors (Lipinski definition) is 3. The molecule has 0 saturated carbocycles. The highest BCUT2D eigenvalue weighted by molar-refractivity contribution is 5.94. The fraction of sp³-hybridized carbons (Fsp3) is 0.480. The van der Waals surface area contributed by atoms with E-state index in [0.717, 1.165) is 5.56 Å². The van der Waals surface area contributed by atoms with Crippen molar-refractivity contribution in [3.8, 4) is 5.88 Å². The van der Waals surface area contributed by atoms with Crippen molar-refractivity contribution in [1.29, 1.82) is 0 Å². The number of carbonyl (C=O) groups excluding carboxylic acids is 3. The van der Waals surface area contributed by atoms with Gasteiger partial charge in [-0.2, -0.15) is 0 Å². The maximum absolute atomic E-state index is 14.7. The molecule has 5 rings (SSSR count). The van der Waals surface area contributed by atoms with Gasteiger partial charge < -0.3 is 30.2 Å². The van der Waals surface area contributed by atoms with Gasteiger partial charge in [-0.1, -0.05) is 0 Å². The molecule has 3 heterocycles. The largest absolute Gasteiger partial charge is 0.465 e. The minimum atomic E-state index is -0.529. The van der Waals surface area contributed by atoms with E-state index in [-0.39, 0.29) is 60.2 Å². The average molecular weight is 529 g/mol. The van der Waals surface area contributed by atoms with Crippen LogP contribution in [-0.4, -0.2) is 73.9 Å². The van der Waals surface area contributed by atoms with E-state index < -0.39 is 6.09 Å². The first-order valence-corrected chi connectivity index (χ1v) is 12.5. The fourth-order valence-corrected chi connectivity index (χ4v) is 4.83. The van der Waals surface area contributed by atoms with Gasteiger partial charge in [0, 0.05) is 12.8 Å². The molecule has 1 aromatic heterocycles. The zero-order valence-corrected chi connectivity index (χ0v) is 20.9. The molecule has 12 nitrogen and oxygen atoms in total. The molecule has 3 N–H and O–H groups in total. The lowest BCUT2D eigenvalue weighted by atomic mass is 10.1. The molecule has 2 aliphatic heterocycles. The van der Waals surface area contributed by atoms with E-state index in [1.54, 1.807) is 0 Å². The Hall–Kier alpha value is -3.84. The van der Waals surface area contributed by atoms with Crippen LogP contribution in [0.5, 0.6) is 5.88 Å². The Labute approximate surface area is 218 Å². The number of carbonyl (C=O) groups is 3. The zero-order chi connectivity index (χ0) is 26.6.